The summed E-state index contributed by atoms with van der Waals surface area (Å²) < 4.78 is 10.4. The van der Waals surface area contributed by atoms with Crippen LogP contribution >= 0.6 is 0 Å². The monoisotopic (exact) mass is 391 g/mol. The summed E-state index contributed by atoms with van der Waals surface area (Å²) >= 11 is 0. The first-order chi connectivity index (χ1) is 14.1. The summed E-state index contributed by atoms with van der Waals surface area (Å²) in [5, 5.41) is 5.57. The summed E-state index contributed by atoms with van der Waals surface area (Å²) in [6.07, 6.45) is 1.43. The molecule has 0 unspecified atom stereocenters. The van der Waals surface area contributed by atoms with Crippen molar-refractivity contribution in [3.05, 3.63) is 83.7 Å². The third-order valence-electron chi connectivity index (χ3n) is 4.23. The molecule has 2 N–H and O–H groups in total. The lowest BCUT2D eigenvalue weighted by Crippen LogP contribution is -2.24. The third-order valence-corrected chi connectivity index (χ3v) is 4.23. The zero-order chi connectivity index (χ0) is 20.6. The van der Waals surface area contributed by atoms with Gasteiger partial charge in [-0.1, -0.05) is 18.2 Å². The fourth-order valence-electron chi connectivity index (χ4n) is 2.69. The standard InChI is InChI=1S/C22H21N3O4/c1-28-18-9-7-17(8-10-18)25-21(26)15-11-12-23-19(13-15)22(27)24-14-16-5-3-4-6-20(16)29-2/h3-13H,14H2,1-2H3,(H,24,27)(H,25,26). The second-order valence-electron chi connectivity index (χ2n) is 6.11. The summed E-state index contributed by atoms with van der Waals surface area (Å²) in [6, 6.07) is 17.4. The van der Waals surface area contributed by atoms with E-state index in [2.05, 4.69) is 15.6 Å². The van der Waals surface area contributed by atoms with Gasteiger partial charge in [-0.05, 0) is 42.5 Å². The molecule has 3 rings (SSSR count). The average molecular weight is 391 g/mol. The molecule has 0 saturated heterocycles. The first-order valence-corrected chi connectivity index (χ1v) is 8.92. The Morgan fingerprint density at radius 2 is 1.69 bits per heavy atom. The van der Waals surface area contributed by atoms with Crippen molar-refractivity contribution in [2.24, 2.45) is 0 Å². The number of methoxy groups -OCH3 is 2. The van der Waals surface area contributed by atoms with Gasteiger partial charge < -0.3 is 20.1 Å². The predicted molar refractivity (Wildman–Crippen MR) is 109 cm³/mol. The molecule has 1 heterocycles. The molecule has 3 aromatic rings. The Bertz CT molecular complexity index is 1000. The van der Waals surface area contributed by atoms with Gasteiger partial charge in [0.25, 0.3) is 11.8 Å². The van der Waals surface area contributed by atoms with E-state index >= 15 is 0 Å². The molecule has 0 aliphatic rings. The number of para-hydroxylation sites is 1. The fourth-order valence-corrected chi connectivity index (χ4v) is 2.69. The van der Waals surface area contributed by atoms with Gasteiger partial charge in [0.15, 0.2) is 0 Å². The summed E-state index contributed by atoms with van der Waals surface area (Å²) in [5.74, 6) is 0.667. The van der Waals surface area contributed by atoms with E-state index < -0.39 is 0 Å². The maximum absolute atomic E-state index is 12.5. The van der Waals surface area contributed by atoms with E-state index in [9.17, 15) is 9.59 Å². The number of nitrogens with zero attached hydrogens (tertiary/aromatic N) is 1. The molecule has 0 bridgehead atoms. The van der Waals surface area contributed by atoms with Gasteiger partial charge in [-0.2, -0.15) is 0 Å². The van der Waals surface area contributed by atoms with E-state index in [4.69, 9.17) is 9.47 Å². The summed E-state index contributed by atoms with van der Waals surface area (Å²) in [4.78, 5) is 29.0. The van der Waals surface area contributed by atoms with E-state index in [1.165, 1.54) is 12.3 Å². The zero-order valence-electron chi connectivity index (χ0n) is 16.1. The highest BCUT2D eigenvalue weighted by molar-refractivity contribution is 6.05. The van der Waals surface area contributed by atoms with Crippen LogP contribution in [-0.2, 0) is 6.54 Å². The molecule has 148 valence electrons. The van der Waals surface area contributed by atoms with Crippen molar-refractivity contribution >= 4 is 17.5 Å². The minimum atomic E-state index is -0.380. The van der Waals surface area contributed by atoms with Crippen molar-refractivity contribution in [1.29, 1.82) is 0 Å². The minimum Gasteiger partial charge on any atom is -0.497 e. The molecule has 0 saturated carbocycles. The molecular formula is C22H21N3O4. The van der Waals surface area contributed by atoms with Crippen LogP contribution in [-0.4, -0.2) is 31.0 Å². The molecule has 7 heteroatoms. The van der Waals surface area contributed by atoms with Crippen molar-refractivity contribution in [2.45, 2.75) is 6.54 Å². The number of anilines is 1. The van der Waals surface area contributed by atoms with Crippen molar-refractivity contribution in [3.8, 4) is 11.5 Å². The first kappa shape index (κ1) is 19.9. The first-order valence-electron chi connectivity index (χ1n) is 8.92. The second-order valence-corrected chi connectivity index (χ2v) is 6.11. The zero-order valence-corrected chi connectivity index (χ0v) is 16.1. The van der Waals surface area contributed by atoms with Crippen molar-refractivity contribution in [2.75, 3.05) is 19.5 Å². The largest absolute Gasteiger partial charge is 0.497 e. The van der Waals surface area contributed by atoms with Gasteiger partial charge in [-0.3, -0.25) is 14.6 Å². The quantitative estimate of drug-likeness (QED) is 0.645. The van der Waals surface area contributed by atoms with Gasteiger partial charge >= 0.3 is 0 Å². The van der Waals surface area contributed by atoms with Gasteiger partial charge in [0, 0.05) is 29.6 Å². The average Bonchev–Trinajstić information content (AvgIpc) is 2.78. The highest BCUT2D eigenvalue weighted by atomic mass is 16.5. The molecule has 0 fully saturated rings. The lowest BCUT2D eigenvalue weighted by molar-refractivity contribution is 0.0945. The van der Waals surface area contributed by atoms with Gasteiger partial charge in [0.1, 0.15) is 17.2 Å². The Morgan fingerprint density at radius 1 is 0.931 bits per heavy atom. The molecule has 29 heavy (non-hydrogen) atoms. The number of hydrogen-bond donors (Lipinski definition) is 2. The topological polar surface area (TPSA) is 89.5 Å². The van der Waals surface area contributed by atoms with Crippen LogP contribution in [0.15, 0.2) is 66.9 Å². The smallest absolute Gasteiger partial charge is 0.270 e. The summed E-state index contributed by atoms with van der Waals surface area (Å²) in [6.45, 7) is 0.285. The lowest BCUT2D eigenvalue weighted by Gasteiger charge is -2.10. The molecule has 0 aliphatic carbocycles. The number of carbonyl (C=O) groups is 2. The van der Waals surface area contributed by atoms with Gasteiger partial charge in [-0.15, -0.1) is 0 Å². The molecule has 0 spiro atoms. The van der Waals surface area contributed by atoms with E-state index in [1.807, 2.05) is 24.3 Å². The molecule has 2 amide bonds. The number of pyridine rings is 1. The molecule has 1 aromatic heterocycles. The number of rotatable bonds is 7. The predicted octanol–water partition coefficient (Wildman–Crippen LogP) is 3.28. The normalized spacial score (nSPS) is 10.1. The van der Waals surface area contributed by atoms with E-state index in [-0.39, 0.29) is 24.1 Å². The van der Waals surface area contributed by atoms with Crippen LogP contribution in [0.1, 0.15) is 26.4 Å². The fraction of sp³-hybridized carbons (Fsp3) is 0.136. The van der Waals surface area contributed by atoms with Crippen LogP contribution in [0.3, 0.4) is 0 Å². The lowest BCUT2D eigenvalue weighted by atomic mass is 10.2. The molecule has 7 nitrogen and oxygen atoms in total. The van der Waals surface area contributed by atoms with Crippen LogP contribution in [0, 0.1) is 0 Å². The van der Waals surface area contributed by atoms with Gasteiger partial charge in [0.05, 0.1) is 14.2 Å². The van der Waals surface area contributed by atoms with Crippen molar-refractivity contribution < 1.29 is 19.1 Å². The van der Waals surface area contributed by atoms with Crippen LogP contribution in [0.2, 0.25) is 0 Å². The van der Waals surface area contributed by atoms with Crippen LogP contribution in [0.25, 0.3) is 0 Å². The van der Waals surface area contributed by atoms with E-state index in [0.29, 0.717) is 22.7 Å². The van der Waals surface area contributed by atoms with E-state index in [0.717, 1.165) is 5.56 Å². The Labute approximate surface area is 168 Å². The Balaban J connectivity index is 1.66. The van der Waals surface area contributed by atoms with Crippen LogP contribution in [0.5, 0.6) is 11.5 Å². The SMILES string of the molecule is COc1ccc(NC(=O)c2ccnc(C(=O)NCc3ccccc3OC)c2)cc1. The molecule has 0 aliphatic heterocycles. The number of carbonyl (C=O) groups excluding carboxylic acids is 2. The second kappa shape index (κ2) is 9.36. The number of ether oxygens (including phenoxy) is 2. The summed E-state index contributed by atoms with van der Waals surface area (Å²) in [7, 11) is 3.15. The van der Waals surface area contributed by atoms with Crippen molar-refractivity contribution in [1.82, 2.24) is 10.3 Å². The van der Waals surface area contributed by atoms with Crippen LogP contribution < -0.4 is 20.1 Å². The van der Waals surface area contributed by atoms with E-state index in [1.54, 1.807) is 44.6 Å². The number of hydrogen-bond acceptors (Lipinski definition) is 5. The maximum atomic E-state index is 12.5. The van der Waals surface area contributed by atoms with Crippen molar-refractivity contribution in [3.63, 3.8) is 0 Å². The summed E-state index contributed by atoms with van der Waals surface area (Å²) in [5.41, 5.74) is 1.95. The number of nitrogens with one attached hydrogen (secondary N) is 2. The Kier molecular flexibility index (Phi) is 6.42. The minimum absolute atomic E-state index is 0.155. The number of benzene rings is 2. The highest BCUT2D eigenvalue weighted by Gasteiger charge is 2.13. The molecule has 0 atom stereocenters. The highest BCUT2D eigenvalue weighted by Crippen LogP contribution is 2.17. The Hall–Kier alpha value is -3.87. The Morgan fingerprint density at radius 3 is 2.41 bits per heavy atom. The number of amides is 2. The van der Waals surface area contributed by atoms with Gasteiger partial charge in [-0.25, -0.2) is 0 Å². The maximum Gasteiger partial charge on any atom is 0.270 e. The van der Waals surface area contributed by atoms with Gasteiger partial charge in [0.2, 0.25) is 0 Å². The third kappa shape index (κ3) is 5.10. The number of aromatic nitrogens is 1. The molecule has 2 aromatic carbocycles. The van der Waals surface area contributed by atoms with Crippen LogP contribution in [0.4, 0.5) is 5.69 Å². The molecule has 0 radical (unpaired) electrons. The molecular weight excluding hydrogens is 370 g/mol.